The molecule has 0 bridgehead atoms. The van der Waals surface area contributed by atoms with E-state index in [9.17, 15) is 14.4 Å². The van der Waals surface area contributed by atoms with Crippen LogP contribution >= 0.6 is 11.3 Å². The molecule has 20 heavy (non-hydrogen) atoms. The molecule has 0 saturated carbocycles. The maximum absolute atomic E-state index is 11.7. The second-order valence-corrected chi connectivity index (χ2v) is 4.45. The maximum Gasteiger partial charge on any atom is 0.357 e. The molecule has 0 aliphatic rings. The Morgan fingerprint density at radius 2 is 2.30 bits per heavy atom. The van der Waals surface area contributed by atoms with Gasteiger partial charge in [-0.1, -0.05) is 11.3 Å². The summed E-state index contributed by atoms with van der Waals surface area (Å²) in [5, 5.41) is 10.1. The van der Waals surface area contributed by atoms with E-state index in [0.29, 0.717) is 0 Å². The normalized spacial score (nSPS) is 10.4. The number of carbonyl (C=O) groups excluding carboxylic acids is 1. The molecular formula is C11H10N2O6S. The minimum Gasteiger partial charge on any atom is -0.476 e. The number of nitrogens with zero attached hydrogens (tertiary/aromatic N) is 2. The third kappa shape index (κ3) is 2.77. The number of esters is 1. The van der Waals surface area contributed by atoms with Crippen molar-refractivity contribution in [2.75, 3.05) is 6.61 Å². The van der Waals surface area contributed by atoms with Crippen LogP contribution in [-0.4, -0.2) is 33.2 Å². The molecule has 0 aliphatic heterocycles. The second kappa shape index (κ2) is 5.70. The van der Waals surface area contributed by atoms with Crippen LogP contribution in [-0.2, 0) is 11.3 Å². The molecule has 0 aliphatic carbocycles. The first-order valence-electron chi connectivity index (χ1n) is 5.56. The lowest BCUT2D eigenvalue weighted by molar-refractivity contribution is 0.0513. The highest BCUT2D eigenvalue weighted by Crippen LogP contribution is 2.09. The van der Waals surface area contributed by atoms with Crippen LogP contribution in [0.25, 0.3) is 0 Å². The molecule has 1 N–H and O–H groups in total. The summed E-state index contributed by atoms with van der Waals surface area (Å²) in [6.07, 6.45) is 0.971. The average molecular weight is 298 g/mol. The van der Waals surface area contributed by atoms with E-state index >= 15 is 0 Å². The van der Waals surface area contributed by atoms with Crippen molar-refractivity contribution in [2.24, 2.45) is 0 Å². The third-order valence-electron chi connectivity index (χ3n) is 2.33. The molecular weight excluding hydrogens is 288 g/mol. The van der Waals surface area contributed by atoms with Gasteiger partial charge in [-0.25, -0.2) is 14.6 Å². The van der Waals surface area contributed by atoms with Gasteiger partial charge >= 0.3 is 16.8 Å². The van der Waals surface area contributed by atoms with E-state index in [1.807, 2.05) is 0 Å². The lowest BCUT2D eigenvalue weighted by atomic mass is 10.4. The number of thiazole rings is 1. The van der Waals surface area contributed by atoms with Crippen molar-refractivity contribution in [3.8, 4) is 0 Å². The van der Waals surface area contributed by atoms with Gasteiger partial charge in [0.1, 0.15) is 18.5 Å². The quantitative estimate of drug-likeness (QED) is 0.813. The molecule has 9 heteroatoms. The van der Waals surface area contributed by atoms with Crippen LogP contribution in [0, 0.1) is 0 Å². The summed E-state index contributed by atoms with van der Waals surface area (Å²) in [5.41, 5.74) is -0.183. The van der Waals surface area contributed by atoms with Crippen molar-refractivity contribution >= 4 is 23.3 Å². The predicted molar refractivity (Wildman–Crippen MR) is 67.1 cm³/mol. The standard InChI is InChI=1S/C11H10N2O6S/c1-2-18-10(16)7-5-20-11(17)13(7)3-8-12-6(4-19-8)9(14)15/h4-5H,2-3H2,1H3,(H,14,15). The zero-order chi connectivity index (χ0) is 14.7. The number of carboxylic acid groups (broad SMARTS) is 1. The molecule has 2 rings (SSSR count). The highest BCUT2D eigenvalue weighted by Gasteiger charge is 2.18. The molecule has 2 aromatic heterocycles. The van der Waals surface area contributed by atoms with E-state index in [0.717, 1.165) is 22.2 Å². The fourth-order valence-corrected chi connectivity index (χ4v) is 2.19. The molecule has 0 spiro atoms. The summed E-state index contributed by atoms with van der Waals surface area (Å²) in [6, 6.07) is 0. The Morgan fingerprint density at radius 3 is 2.90 bits per heavy atom. The average Bonchev–Trinajstić information content (AvgIpc) is 2.99. The number of hydrogen-bond donors (Lipinski definition) is 1. The molecule has 0 amide bonds. The number of carboxylic acids is 1. The number of oxazole rings is 1. The van der Waals surface area contributed by atoms with Gasteiger partial charge < -0.3 is 14.3 Å². The number of hydrogen-bond acceptors (Lipinski definition) is 7. The summed E-state index contributed by atoms with van der Waals surface area (Å²) in [7, 11) is 0. The van der Waals surface area contributed by atoms with Crippen molar-refractivity contribution in [2.45, 2.75) is 13.5 Å². The van der Waals surface area contributed by atoms with Crippen LogP contribution < -0.4 is 4.87 Å². The molecule has 2 heterocycles. The maximum atomic E-state index is 11.7. The van der Waals surface area contributed by atoms with Gasteiger partial charge in [-0.2, -0.15) is 0 Å². The van der Waals surface area contributed by atoms with Gasteiger partial charge in [-0.05, 0) is 6.92 Å². The minimum absolute atomic E-state index is 0.0217. The summed E-state index contributed by atoms with van der Waals surface area (Å²) < 4.78 is 10.9. The second-order valence-electron chi connectivity index (χ2n) is 3.63. The fourth-order valence-electron chi connectivity index (χ4n) is 1.46. The van der Waals surface area contributed by atoms with E-state index in [1.54, 1.807) is 6.92 Å². The largest absolute Gasteiger partial charge is 0.476 e. The SMILES string of the molecule is CCOC(=O)c1csc(=O)n1Cc1nc(C(=O)O)co1. The van der Waals surface area contributed by atoms with E-state index in [2.05, 4.69) is 4.98 Å². The van der Waals surface area contributed by atoms with Crippen molar-refractivity contribution in [3.63, 3.8) is 0 Å². The van der Waals surface area contributed by atoms with Crippen LogP contribution in [0.15, 0.2) is 20.9 Å². The zero-order valence-electron chi connectivity index (χ0n) is 10.4. The molecule has 8 nitrogen and oxygen atoms in total. The topological polar surface area (TPSA) is 112 Å². The van der Waals surface area contributed by atoms with Crippen LogP contribution in [0.3, 0.4) is 0 Å². The predicted octanol–water partition coefficient (Wildman–Crippen LogP) is 0.821. The summed E-state index contributed by atoms with van der Waals surface area (Å²) in [6.45, 7) is 1.70. The van der Waals surface area contributed by atoms with Gasteiger partial charge in [0.05, 0.1) is 6.61 Å². The minimum atomic E-state index is -1.23. The molecule has 0 unspecified atom stereocenters. The van der Waals surface area contributed by atoms with Gasteiger partial charge in [0.2, 0.25) is 5.89 Å². The van der Waals surface area contributed by atoms with Gasteiger partial charge in [0.25, 0.3) is 0 Å². The fraction of sp³-hybridized carbons (Fsp3) is 0.273. The Labute approximate surface area is 116 Å². The van der Waals surface area contributed by atoms with Crippen molar-refractivity contribution in [1.82, 2.24) is 9.55 Å². The number of ether oxygens (including phenoxy) is 1. The third-order valence-corrected chi connectivity index (χ3v) is 3.09. The molecule has 106 valence electrons. The lowest BCUT2D eigenvalue weighted by Gasteiger charge is -2.04. The molecule has 0 saturated heterocycles. The molecule has 0 radical (unpaired) electrons. The van der Waals surface area contributed by atoms with E-state index < -0.39 is 11.9 Å². The Bertz CT molecular complexity index is 698. The Balaban J connectivity index is 2.28. The Kier molecular flexibility index (Phi) is 3.99. The van der Waals surface area contributed by atoms with E-state index in [4.69, 9.17) is 14.3 Å². The van der Waals surface area contributed by atoms with E-state index in [-0.39, 0.29) is 35.3 Å². The summed E-state index contributed by atoms with van der Waals surface area (Å²) in [5.74, 6) is -1.84. The Morgan fingerprint density at radius 1 is 1.55 bits per heavy atom. The molecule has 2 aromatic rings. The van der Waals surface area contributed by atoms with Gasteiger partial charge in [-0.15, -0.1) is 0 Å². The van der Waals surface area contributed by atoms with Gasteiger partial charge in [0.15, 0.2) is 5.69 Å². The number of aromatic nitrogens is 2. The summed E-state index contributed by atoms with van der Waals surface area (Å²) in [4.78, 5) is 37.3. The Hall–Kier alpha value is -2.42. The lowest BCUT2D eigenvalue weighted by Crippen LogP contribution is -2.21. The summed E-state index contributed by atoms with van der Waals surface area (Å²) >= 11 is 0.838. The van der Waals surface area contributed by atoms with Crippen molar-refractivity contribution < 1.29 is 23.8 Å². The number of rotatable bonds is 5. The first kappa shape index (κ1) is 14.0. The zero-order valence-corrected chi connectivity index (χ0v) is 11.2. The molecule has 0 fully saturated rings. The first-order valence-corrected chi connectivity index (χ1v) is 6.44. The van der Waals surface area contributed by atoms with Crippen molar-refractivity contribution in [3.05, 3.63) is 38.6 Å². The van der Waals surface area contributed by atoms with Crippen LogP contribution in [0.5, 0.6) is 0 Å². The van der Waals surface area contributed by atoms with Gasteiger partial charge in [0, 0.05) is 5.38 Å². The highest BCUT2D eigenvalue weighted by molar-refractivity contribution is 7.07. The monoisotopic (exact) mass is 298 g/mol. The van der Waals surface area contributed by atoms with Crippen molar-refractivity contribution in [1.29, 1.82) is 0 Å². The van der Waals surface area contributed by atoms with Crippen LogP contribution in [0.1, 0.15) is 33.8 Å². The number of carbonyl (C=O) groups is 2. The van der Waals surface area contributed by atoms with Crippen LogP contribution in [0.2, 0.25) is 0 Å². The first-order chi connectivity index (χ1) is 9.52. The number of aromatic carboxylic acids is 1. The van der Waals surface area contributed by atoms with Gasteiger partial charge in [-0.3, -0.25) is 9.36 Å². The highest BCUT2D eigenvalue weighted by atomic mass is 32.1. The smallest absolute Gasteiger partial charge is 0.357 e. The van der Waals surface area contributed by atoms with E-state index in [1.165, 1.54) is 5.38 Å². The molecule has 0 atom stereocenters. The molecule has 0 aromatic carbocycles. The van der Waals surface area contributed by atoms with Crippen LogP contribution in [0.4, 0.5) is 0 Å².